The molecule has 4 rings (SSSR count). The molecule has 2 aromatic rings. The number of fused-ring (bicyclic) bond motifs is 1. The van der Waals surface area contributed by atoms with Crippen LogP contribution in [-0.4, -0.2) is 16.7 Å². The minimum Gasteiger partial charge on any atom is -0.489 e. The maximum atomic E-state index is 12.0. The van der Waals surface area contributed by atoms with Crippen LogP contribution in [-0.2, 0) is 22.6 Å². The summed E-state index contributed by atoms with van der Waals surface area (Å²) in [5.41, 5.74) is 3.23. The molecule has 0 radical (unpaired) electrons. The van der Waals surface area contributed by atoms with Crippen molar-refractivity contribution < 1.29 is 14.3 Å². The fourth-order valence-corrected chi connectivity index (χ4v) is 3.46. The van der Waals surface area contributed by atoms with Crippen molar-refractivity contribution in [1.29, 1.82) is 0 Å². The predicted molar refractivity (Wildman–Crippen MR) is 89.3 cm³/mol. The van der Waals surface area contributed by atoms with Gasteiger partial charge in [-0.2, -0.15) is 0 Å². The van der Waals surface area contributed by atoms with Gasteiger partial charge in [-0.05, 0) is 35.6 Å². The average Bonchev–Trinajstić information content (AvgIpc) is 3.17. The Morgan fingerprint density at radius 1 is 0.958 bits per heavy atom. The van der Waals surface area contributed by atoms with Crippen LogP contribution in [0.1, 0.15) is 29.2 Å². The van der Waals surface area contributed by atoms with Crippen LogP contribution in [0.2, 0.25) is 0 Å². The summed E-state index contributed by atoms with van der Waals surface area (Å²) in [6, 6.07) is 15.7. The fourth-order valence-electron chi connectivity index (χ4n) is 3.46. The lowest BCUT2D eigenvalue weighted by atomic mass is 10.1. The fraction of sp³-hybridized carbons (Fsp3) is 0.200. The van der Waals surface area contributed by atoms with E-state index >= 15 is 0 Å². The van der Waals surface area contributed by atoms with Gasteiger partial charge in [0.15, 0.2) is 0 Å². The van der Waals surface area contributed by atoms with Crippen molar-refractivity contribution in [3.8, 4) is 5.75 Å². The Morgan fingerprint density at radius 3 is 2.46 bits per heavy atom. The van der Waals surface area contributed by atoms with Gasteiger partial charge in [0.25, 0.3) is 11.8 Å². The van der Waals surface area contributed by atoms with Crippen molar-refractivity contribution in [2.45, 2.75) is 25.5 Å². The van der Waals surface area contributed by atoms with Gasteiger partial charge in [-0.1, -0.05) is 42.5 Å². The Balaban J connectivity index is 1.57. The number of nitrogens with zero attached hydrogens (tertiary/aromatic N) is 1. The lowest BCUT2D eigenvalue weighted by Crippen LogP contribution is -2.33. The second kappa shape index (κ2) is 5.96. The molecule has 4 heteroatoms. The molecule has 0 saturated carbocycles. The molecule has 0 unspecified atom stereocenters. The normalized spacial score (nSPS) is 19.0. The smallest absolute Gasteiger partial charge is 0.254 e. The van der Waals surface area contributed by atoms with E-state index in [9.17, 15) is 9.59 Å². The number of ether oxygens (including phenoxy) is 1. The second-order valence-electron chi connectivity index (χ2n) is 6.03. The summed E-state index contributed by atoms with van der Waals surface area (Å²) in [6.07, 6.45) is 4.24. The number of imide groups is 1. The molecular formula is C20H17NO3. The SMILES string of the molecule is O=C1C=CC(=O)N1[C@H]1CCc2c(OCc3ccccc3)cccc21. The lowest BCUT2D eigenvalue weighted by molar-refractivity contribution is -0.139. The molecule has 1 atom stereocenters. The Morgan fingerprint density at radius 2 is 1.71 bits per heavy atom. The first-order valence-corrected chi connectivity index (χ1v) is 8.08. The highest BCUT2D eigenvalue weighted by molar-refractivity contribution is 6.13. The minimum atomic E-state index is -0.228. The Labute approximate surface area is 140 Å². The molecule has 1 heterocycles. The van der Waals surface area contributed by atoms with Crippen LogP contribution >= 0.6 is 0 Å². The summed E-state index contributed by atoms with van der Waals surface area (Å²) in [7, 11) is 0. The zero-order valence-corrected chi connectivity index (χ0v) is 13.1. The van der Waals surface area contributed by atoms with E-state index < -0.39 is 0 Å². The van der Waals surface area contributed by atoms with Crippen molar-refractivity contribution in [3.63, 3.8) is 0 Å². The van der Waals surface area contributed by atoms with Gasteiger partial charge in [0.2, 0.25) is 0 Å². The Kier molecular flexibility index (Phi) is 3.65. The summed E-state index contributed by atoms with van der Waals surface area (Å²) in [5, 5.41) is 0. The average molecular weight is 319 g/mol. The molecule has 0 aromatic heterocycles. The Hall–Kier alpha value is -2.88. The molecule has 120 valence electrons. The molecule has 0 N–H and O–H groups in total. The van der Waals surface area contributed by atoms with Gasteiger partial charge in [0.1, 0.15) is 12.4 Å². The molecular weight excluding hydrogens is 302 g/mol. The third-order valence-corrected chi connectivity index (χ3v) is 4.59. The van der Waals surface area contributed by atoms with E-state index in [1.807, 2.05) is 48.5 Å². The maximum absolute atomic E-state index is 12.0. The third-order valence-electron chi connectivity index (χ3n) is 4.59. The van der Waals surface area contributed by atoms with Crippen molar-refractivity contribution in [1.82, 2.24) is 4.90 Å². The van der Waals surface area contributed by atoms with Crippen LogP contribution in [0.25, 0.3) is 0 Å². The van der Waals surface area contributed by atoms with E-state index in [0.29, 0.717) is 6.61 Å². The molecule has 0 bridgehead atoms. The number of rotatable bonds is 4. The molecule has 0 fully saturated rings. The lowest BCUT2D eigenvalue weighted by Gasteiger charge is -2.23. The molecule has 2 aliphatic rings. The summed E-state index contributed by atoms with van der Waals surface area (Å²) in [5.74, 6) is 0.382. The van der Waals surface area contributed by atoms with E-state index in [1.165, 1.54) is 17.1 Å². The number of benzene rings is 2. The van der Waals surface area contributed by atoms with Crippen molar-refractivity contribution >= 4 is 11.8 Å². The van der Waals surface area contributed by atoms with Gasteiger partial charge in [0.05, 0.1) is 6.04 Å². The highest BCUT2D eigenvalue weighted by Gasteiger charge is 2.37. The Bertz CT molecular complexity index is 808. The standard InChI is InChI=1S/C20H17NO3/c22-19-11-12-20(23)21(19)17-10-9-16-15(17)7-4-8-18(16)24-13-14-5-2-1-3-6-14/h1-8,11-12,17H,9-10,13H2/t17-/m0/s1. The van der Waals surface area contributed by atoms with Crippen LogP contribution in [0.3, 0.4) is 0 Å². The first-order valence-electron chi connectivity index (χ1n) is 8.08. The predicted octanol–water partition coefficient (Wildman–Crippen LogP) is 3.18. The van der Waals surface area contributed by atoms with E-state index in [0.717, 1.165) is 35.3 Å². The largest absolute Gasteiger partial charge is 0.489 e. The first-order chi connectivity index (χ1) is 11.7. The number of hydrogen-bond acceptors (Lipinski definition) is 3. The first kappa shape index (κ1) is 14.7. The molecule has 2 amide bonds. The van der Waals surface area contributed by atoms with Gasteiger partial charge in [-0.25, -0.2) is 0 Å². The van der Waals surface area contributed by atoms with E-state index in [2.05, 4.69) is 0 Å². The molecule has 1 aliphatic carbocycles. The van der Waals surface area contributed by atoms with E-state index in [-0.39, 0.29) is 17.9 Å². The number of amides is 2. The molecule has 2 aromatic carbocycles. The monoisotopic (exact) mass is 319 g/mol. The van der Waals surface area contributed by atoms with Crippen LogP contribution in [0.4, 0.5) is 0 Å². The summed E-state index contributed by atoms with van der Waals surface area (Å²) in [4.78, 5) is 25.3. The zero-order valence-electron chi connectivity index (χ0n) is 13.1. The van der Waals surface area contributed by atoms with Gasteiger partial charge in [-0.15, -0.1) is 0 Å². The highest BCUT2D eigenvalue weighted by Crippen LogP contribution is 2.41. The summed E-state index contributed by atoms with van der Waals surface area (Å²) < 4.78 is 6.00. The van der Waals surface area contributed by atoms with Crippen molar-refractivity contribution in [3.05, 3.63) is 77.4 Å². The second-order valence-corrected chi connectivity index (χ2v) is 6.03. The molecule has 1 aliphatic heterocycles. The van der Waals surface area contributed by atoms with Crippen LogP contribution < -0.4 is 4.74 Å². The number of carbonyl (C=O) groups is 2. The molecule has 4 nitrogen and oxygen atoms in total. The minimum absolute atomic E-state index is 0.185. The topological polar surface area (TPSA) is 46.6 Å². The number of hydrogen-bond donors (Lipinski definition) is 0. The van der Waals surface area contributed by atoms with Crippen molar-refractivity contribution in [2.75, 3.05) is 0 Å². The summed E-state index contributed by atoms with van der Waals surface area (Å²) >= 11 is 0. The van der Waals surface area contributed by atoms with Gasteiger partial charge in [0, 0.05) is 12.2 Å². The zero-order chi connectivity index (χ0) is 16.5. The van der Waals surface area contributed by atoms with Gasteiger partial charge in [-0.3, -0.25) is 14.5 Å². The van der Waals surface area contributed by atoms with Crippen LogP contribution in [0, 0.1) is 0 Å². The third kappa shape index (κ3) is 2.50. The highest BCUT2D eigenvalue weighted by atomic mass is 16.5. The quantitative estimate of drug-likeness (QED) is 0.813. The molecule has 0 saturated heterocycles. The van der Waals surface area contributed by atoms with E-state index in [1.54, 1.807) is 0 Å². The summed E-state index contributed by atoms with van der Waals surface area (Å²) in [6.45, 7) is 0.505. The van der Waals surface area contributed by atoms with Gasteiger partial charge >= 0.3 is 0 Å². The van der Waals surface area contributed by atoms with Crippen LogP contribution in [0.5, 0.6) is 5.75 Å². The number of carbonyl (C=O) groups excluding carboxylic acids is 2. The maximum Gasteiger partial charge on any atom is 0.254 e. The van der Waals surface area contributed by atoms with Crippen LogP contribution in [0.15, 0.2) is 60.7 Å². The van der Waals surface area contributed by atoms with Gasteiger partial charge < -0.3 is 4.74 Å². The van der Waals surface area contributed by atoms with E-state index in [4.69, 9.17) is 4.74 Å². The molecule has 24 heavy (non-hydrogen) atoms. The van der Waals surface area contributed by atoms with Crippen molar-refractivity contribution in [2.24, 2.45) is 0 Å². The molecule has 0 spiro atoms.